The van der Waals surface area contributed by atoms with E-state index in [1.807, 2.05) is 42.2 Å². The summed E-state index contributed by atoms with van der Waals surface area (Å²) in [6.07, 6.45) is 4.97. The van der Waals surface area contributed by atoms with Gasteiger partial charge in [0.2, 0.25) is 0 Å². The largest absolute Gasteiger partial charge is 0.339 e. The van der Waals surface area contributed by atoms with E-state index < -0.39 is 0 Å². The molecule has 6 heteroatoms. The van der Waals surface area contributed by atoms with E-state index in [9.17, 15) is 4.79 Å². The fourth-order valence-electron chi connectivity index (χ4n) is 3.13. The standard InChI is InChI=1S/C18H19N5O/c1-13-15(17(24)22-10-6-3-7-11-22)12-19-18-20-16(21-23(13)18)14-8-4-2-5-9-14/h2,4-5,8-9,12H,3,6-7,10-11H2,1H3. The number of carbonyl (C=O) groups is 1. The van der Waals surface area contributed by atoms with Crippen molar-refractivity contribution in [2.45, 2.75) is 26.2 Å². The minimum Gasteiger partial charge on any atom is -0.339 e. The Bertz CT molecular complexity index is 881. The van der Waals surface area contributed by atoms with Crippen LogP contribution in [0.15, 0.2) is 36.5 Å². The van der Waals surface area contributed by atoms with E-state index in [-0.39, 0.29) is 5.91 Å². The number of benzene rings is 1. The lowest BCUT2D eigenvalue weighted by atomic mass is 10.1. The van der Waals surface area contributed by atoms with Crippen molar-refractivity contribution in [3.63, 3.8) is 0 Å². The van der Waals surface area contributed by atoms with Crippen molar-refractivity contribution in [1.29, 1.82) is 0 Å². The highest BCUT2D eigenvalue weighted by Gasteiger charge is 2.22. The number of hydrogen-bond acceptors (Lipinski definition) is 4. The molecule has 3 aromatic rings. The molecule has 3 heterocycles. The summed E-state index contributed by atoms with van der Waals surface area (Å²) in [6, 6.07) is 9.78. The Kier molecular flexibility index (Phi) is 3.72. The summed E-state index contributed by atoms with van der Waals surface area (Å²) >= 11 is 0. The molecular formula is C18H19N5O. The van der Waals surface area contributed by atoms with Crippen LogP contribution in [-0.4, -0.2) is 43.5 Å². The number of amides is 1. The van der Waals surface area contributed by atoms with E-state index in [0.29, 0.717) is 17.2 Å². The van der Waals surface area contributed by atoms with Gasteiger partial charge in [-0.05, 0) is 26.2 Å². The maximum Gasteiger partial charge on any atom is 0.257 e. The molecule has 0 N–H and O–H groups in total. The Morgan fingerprint density at radius 1 is 1.08 bits per heavy atom. The van der Waals surface area contributed by atoms with Gasteiger partial charge in [-0.25, -0.2) is 9.50 Å². The third-order valence-electron chi connectivity index (χ3n) is 4.51. The molecule has 0 unspecified atom stereocenters. The molecule has 6 nitrogen and oxygen atoms in total. The van der Waals surface area contributed by atoms with Crippen LogP contribution in [-0.2, 0) is 0 Å². The summed E-state index contributed by atoms with van der Waals surface area (Å²) in [7, 11) is 0. The number of fused-ring (bicyclic) bond motifs is 1. The highest BCUT2D eigenvalue weighted by molar-refractivity contribution is 5.95. The molecule has 1 aromatic carbocycles. The number of nitrogens with zero attached hydrogens (tertiary/aromatic N) is 5. The van der Waals surface area contributed by atoms with Crippen LogP contribution >= 0.6 is 0 Å². The van der Waals surface area contributed by atoms with Crippen LogP contribution in [0.2, 0.25) is 0 Å². The first-order chi connectivity index (χ1) is 11.7. The minimum absolute atomic E-state index is 0.0401. The van der Waals surface area contributed by atoms with Crippen molar-refractivity contribution in [2.24, 2.45) is 0 Å². The maximum absolute atomic E-state index is 12.8. The van der Waals surface area contributed by atoms with Gasteiger partial charge in [-0.15, -0.1) is 5.10 Å². The summed E-state index contributed by atoms with van der Waals surface area (Å²) in [5.74, 6) is 1.17. The molecule has 0 spiro atoms. The normalized spacial score (nSPS) is 15.0. The Balaban J connectivity index is 1.73. The second kappa shape index (κ2) is 6.03. The highest BCUT2D eigenvalue weighted by Crippen LogP contribution is 2.19. The molecule has 122 valence electrons. The molecule has 1 saturated heterocycles. The first-order valence-electron chi connectivity index (χ1n) is 8.31. The number of hydrogen-bond donors (Lipinski definition) is 0. The first-order valence-corrected chi connectivity index (χ1v) is 8.31. The number of carbonyl (C=O) groups excluding carboxylic acids is 1. The molecule has 1 amide bonds. The smallest absolute Gasteiger partial charge is 0.257 e. The second-order valence-corrected chi connectivity index (χ2v) is 6.12. The van der Waals surface area contributed by atoms with Crippen molar-refractivity contribution < 1.29 is 4.79 Å². The summed E-state index contributed by atoms with van der Waals surface area (Å²) in [6.45, 7) is 3.54. The number of rotatable bonds is 2. The van der Waals surface area contributed by atoms with Gasteiger partial charge in [-0.1, -0.05) is 30.3 Å². The molecule has 0 saturated carbocycles. The number of likely N-dealkylation sites (tertiary alicyclic amines) is 1. The van der Waals surface area contributed by atoms with Crippen LogP contribution in [0, 0.1) is 6.92 Å². The Morgan fingerprint density at radius 3 is 2.58 bits per heavy atom. The SMILES string of the molecule is Cc1c(C(=O)N2CCCCC2)cnc2nc(-c3ccccc3)nn12. The van der Waals surface area contributed by atoms with Crippen molar-refractivity contribution in [2.75, 3.05) is 13.1 Å². The van der Waals surface area contributed by atoms with Crippen LogP contribution in [0.1, 0.15) is 35.3 Å². The van der Waals surface area contributed by atoms with E-state index in [1.165, 1.54) is 6.42 Å². The molecule has 24 heavy (non-hydrogen) atoms. The third-order valence-corrected chi connectivity index (χ3v) is 4.51. The zero-order valence-corrected chi connectivity index (χ0v) is 13.6. The van der Waals surface area contributed by atoms with Gasteiger partial charge < -0.3 is 4.90 Å². The average Bonchev–Trinajstić information content (AvgIpc) is 3.08. The van der Waals surface area contributed by atoms with Gasteiger partial charge in [-0.3, -0.25) is 4.79 Å². The van der Waals surface area contributed by atoms with Crippen molar-refractivity contribution in [3.05, 3.63) is 47.8 Å². The summed E-state index contributed by atoms with van der Waals surface area (Å²) < 4.78 is 1.67. The third kappa shape index (κ3) is 2.54. The van der Waals surface area contributed by atoms with Gasteiger partial charge in [0.05, 0.1) is 11.3 Å². The first kappa shape index (κ1) is 14.8. The Hall–Kier alpha value is -2.76. The minimum atomic E-state index is 0.0401. The van der Waals surface area contributed by atoms with Crippen LogP contribution in [0.5, 0.6) is 0 Å². The molecule has 0 radical (unpaired) electrons. The van der Waals surface area contributed by atoms with Gasteiger partial charge in [-0.2, -0.15) is 4.98 Å². The summed E-state index contributed by atoms with van der Waals surface area (Å²) in [4.78, 5) is 23.5. The predicted molar refractivity (Wildman–Crippen MR) is 90.7 cm³/mol. The summed E-state index contributed by atoms with van der Waals surface area (Å²) in [5.41, 5.74) is 2.32. The Labute approximate surface area is 140 Å². The Morgan fingerprint density at radius 2 is 1.83 bits per heavy atom. The van der Waals surface area contributed by atoms with Crippen LogP contribution in [0.3, 0.4) is 0 Å². The number of aryl methyl sites for hydroxylation is 1. The molecule has 0 atom stereocenters. The van der Waals surface area contributed by atoms with E-state index >= 15 is 0 Å². The molecule has 1 aliphatic heterocycles. The quantitative estimate of drug-likeness (QED) is 0.728. The van der Waals surface area contributed by atoms with Crippen LogP contribution in [0.4, 0.5) is 0 Å². The molecule has 0 bridgehead atoms. The lowest BCUT2D eigenvalue weighted by Crippen LogP contribution is -2.36. The molecular weight excluding hydrogens is 302 g/mol. The predicted octanol–water partition coefficient (Wildman–Crippen LogP) is 2.73. The fourth-order valence-corrected chi connectivity index (χ4v) is 3.13. The van der Waals surface area contributed by atoms with Gasteiger partial charge in [0.25, 0.3) is 11.7 Å². The number of piperidine rings is 1. The molecule has 0 aliphatic carbocycles. The molecule has 1 fully saturated rings. The van der Waals surface area contributed by atoms with E-state index in [4.69, 9.17) is 0 Å². The molecule has 4 rings (SSSR count). The van der Waals surface area contributed by atoms with Gasteiger partial charge in [0.15, 0.2) is 5.82 Å². The van der Waals surface area contributed by atoms with Crippen molar-refractivity contribution in [1.82, 2.24) is 24.5 Å². The van der Waals surface area contributed by atoms with E-state index in [2.05, 4.69) is 15.1 Å². The zero-order chi connectivity index (χ0) is 16.5. The lowest BCUT2D eigenvalue weighted by molar-refractivity contribution is 0.0722. The number of aromatic nitrogens is 4. The van der Waals surface area contributed by atoms with Gasteiger partial charge in [0, 0.05) is 24.8 Å². The lowest BCUT2D eigenvalue weighted by Gasteiger charge is -2.27. The van der Waals surface area contributed by atoms with Gasteiger partial charge >= 0.3 is 0 Å². The van der Waals surface area contributed by atoms with E-state index in [1.54, 1.807) is 10.7 Å². The van der Waals surface area contributed by atoms with Crippen LogP contribution in [0.25, 0.3) is 17.2 Å². The van der Waals surface area contributed by atoms with Gasteiger partial charge in [0.1, 0.15) is 0 Å². The van der Waals surface area contributed by atoms with Crippen molar-refractivity contribution >= 4 is 11.7 Å². The maximum atomic E-state index is 12.8. The molecule has 2 aromatic heterocycles. The topological polar surface area (TPSA) is 63.4 Å². The van der Waals surface area contributed by atoms with Crippen molar-refractivity contribution in [3.8, 4) is 11.4 Å². The van der Waals surface area contributed by atoms with Crippen LogP contribution < -0.4 is 0 Å². The van der Waals surface area contributed by atoms with E-state index in [0.717, 1.165) is 37.2 Å². The zero-order valence-electron chi connectivity index (χ0n) is 13.6. The fraction of sp³-hybridized carbons (Fsp3) is 0.333. The second-order valence-electron chi connectivity index (χ2n) is 6.12. The average molecular weight is 321 g/mol. The summed E-state index contributed by atoms with van der Waals surface area (Å²) in [5, 5.41) is 4.54. The monoisotopic (exact) mass is 321 g/mol. The highest BCUT2D eigenvalue weighted by atomic mass is 16.2. The molecule has 1 aliphatic rings.